The molecule has 0 amide bonds. The monoisotopic (exact) mass is 330 g/mol. The normalized spacial score (nSPS) is 10.7. The maximum absolute atomic E-state index is 13.3. The molecule has 0 spiro atoms. The van der Waals surface area contributed by atoms with Crippen molar-refractivity contribution in [2.75, 3.05) is 0 Å². The molecule has 1 aromatic heterocycles. The first-order valence-corrected chi connectivity index (χ1v) is 6.42. The van der Waals surface area contributed by atoms with Gasteiger partial charge < -0.3 is 0 Å². The summed E-state index contributed by atoms with van der Waals surface area (Å²) in [5, 5.41) is 4.25. The lowest BCUT2D eigenvalue weighted by atomic mass is 10.1. The molecule has 0 bridgehead atoms. The third-order valence-corrected chi connectivity index (χ3v) is 3.17. The molecule has 0 radical (unpaired) electrons. The van der Waals surface area contributed by atoms with Gasteiger partial charge in [0.25, 0.3) is 0 Å². The largest absolute Gasteiger partial charge is 0.287 e. The first-order valence-electron chi connectivity index (χ1n) is 5.25. The predicted octanol–water partition coefficient (Wildman–Crippen LogP) is 3.69. The van der Waals surface area contributed by atoms with Crippen LogP contribution in [0.1, 0.15) is 23.0 Å². The zero-order chi connectivity index (χ0) is 13.3. The second-order valence-electron chi connectivity index (χ2n) is 3.64. The van der Waals surface area contributed by atoms with E-state index in [2.05, 4.69) is 21.0 Å². The summed E-state index contributed by atoms with van der Waals surface area (Å²) in [5.41, 5.74) is 0.510. The Morgan fingerprint density at radius 2 is 2.22 bits per heavy atom. The topological polar surface area (TPSA) is 34.9 Å². The number of ketones is 1. The fraction of sp³-hybridized carbons (Fsp3) is 0.167. The van der Waals surface area contributed by atoms with Gasteiger partial charge in [-0.05, 0) is 25.1 Å². The Bertz CT molecular complexity index is 592. The van der Waals surface area contributed by atoms with Crippen molar-refractivity contribution in [3.63, 3.8) is 0 Å². The van der Waals surface area contributed by atoms with E-state index < -0.39 is 5.82 Å². The van der Waals surface area contributed by atoms with E-state index in [0.29, 0.717) is 11.0 Å². The van der Waals surface area contributed by atoms with Gasteiger partial charge in [0.1, 0.15) is 11.5 Å². The number of hydrogen-bond acceptors (Lipinski definition) is 2. The van der Waals surface area contributed by atoms with E-state index in [0.717, 1.165) is 0 Å². The molecule has 3 nitrogen and oxygen atoms in total. The summed E-state index contributed by atoms with van der Waals surface area (Å²) in [7, 11) is 0. The highest BCUT2D eigenvalue weighted by atomic mass is 79.9. The highest BCUT2D eigenvalue weighted by Crippen LogP contribution is 2.22. The average molecular weight is 332 g/mol. The van der Waals surface area contributed by atoms with Gasteiger partial charge in [-0.15, -0.1) is 0 Å². The molecule has 0 N–H and O–H groups in total. The number of aryl methyl sites for hydroxylation is 1. The molecule has 0 saturated carbocycles. The molecule has 0 unspecified atom stereocenters. The van der Waals surface area contributed by atoms with Crippen LogP contribution in [0.15, 0.2) is 28.9 Å². The molecular formula is C12H9BrClFN2O. The van der Waals surface area contributed by atoms with E-state index in [-0.39, 0.29) is 22.1 Å². The highest BCUT2D eigenvalue weighted by Gasteiger charge is 2.19. The second-order valence-corrected chi connectivity index (χ2v) is 4.97. The number of carbonyl (C=O) groups excluding carboxylic acids is 1. The van der Waals surface area contributed by atoms with Crippen molar-refractivity contribution in [1.29, 1.82) is 0 Å². The molecule has 2 aromatic rings. The SMILES string of the molecule is CCn1ncc(Cl)c1C(=O)c1cc(F)cc(Br)c1. The van der Waals surface area contributed by atoms with Crippen LogP contribution in [0, 0.1) is 5.82 Å². The van der Waals surface area contributed by atoms with Crippen LogP contribution in [0.3, 0.4) is 0 Å². The number of nitrogens with zero attached hydrogens (tertiary/aromatic N) is 2. The van der Waals surface area contributed by atoms with E-state index in [1.54, 1.807) is 6.07 Å². The Kier molecular flexibility index (Phi) is 3.82. The van der Waals surface area contributed by atoms with E-state index in [9.17, 15) is 9.18 Å². The molecule has 0 aliphatic carbocycles. The minimum Gasteiger partial charge on any atom is -0.287 e. The van der Waals surface area contributed by atoms with Gasteiger partial charge in [-0.3, -0.25) is 9.48 Å². The van der Waals surface area contributed by atoms with Crippen molar-refractivity contribution < 1.29 is 9.18 Å². The van der Waals surface area contributed by atoms with Gasteiger partial charge in [0, 0.05) is 16.6 Å². The van der Waals surface area contributed by atoms with E-state index in [1.165, 1.54) is 23.0 Å². The molecule has 0 fully saturated rings. The summed E-state index contributed by atoms with van der Waals surface area (Å²) in [5.74, 6) is -0.828. The highest BCUT2D eigenvalue weighted by molar-refractivity contribution is 9.10. The average Bonchev–Trinajstić information content (AvgIpc) is 2.68. The summed E-state index contributed by atoms with van der Waals surface area (Å²) >= 11 is 9.09. The van der Waals surface area contributed by atoms with E-state index >= 15 is 0 Å². The van der Waals surface area contributed by atoms with E-state index in [4.69, 9.17) is 11.6 Å². The number of benzene rings is 1. The van der Waals surface area contributed by atoms with Crippen molar-refractivity contribution in [3.05, 3.63) is 51.0 Å². The van der Waals surface area contributed by atoms with Crippen LogP contribution >= 0.6 is 27.5 Å². The van der Waals surface area contributed by atoms with Gasteiger partial charge in [0.05, 0.1) is 11.2 Å². The fourth-order valence-electron chi connectivity index (χ4n) is 1.65. The van der Waals surface area contributed by atoms with E-state index in [1.807, 2.05) is 6.92 Å². The van der Waals surface area contributed by atoms with Gasteiger partial charge in [-0.2, -0.15) is 5.10 Å². The van der Waals surface area contributed by atoms with Crippen molar-refractivity contribution in [3.8, 4) is 0 Å². The maximum Gasteiger partial charge on any atom is 0.212 e. The lowest BCUT2D eigenvalue weighted by Gasteiger charge is -2.05. The van der Waals surface area contributed by atoms with Gasteiger partial charge in [-0.1, -0.05) is 27.5 Å². The maximum atomic E-state index is 13.3. The van der Waals surface area contributed by atoms with Gasteiger partial charge in [0.2, 0.25) is 5.78 Å². The van der Waals surface area contributed by atoms with Crippen LogP contribution in [0.4, 0.5) is 4.39 Å². The summed E-state index contributed by atoms with van der Waals surface area (Å²) < 4.78 is 15.3. The number of aromatic nitrogens is 2. The summed E-state index contributed by atoms with van der Waals surface area (Å²) in [6.45, 7) is 2.37. The predicted molar refractivity (Wildman–Crippen MR) is 70.4 cm³/mol. The first kappa shape index (κ1) is 13.2. The number of rotatable bonds is 3. The lowest BCUT2D eigenvalue weighted by Crippen LogP contribution is -2.11. The number of halogens is 3. The van der Waals surface area contributed by atoms with Gasteiger partial charge in [-0.25, -0.2) is 4.39 Å². The molecule has 2 rings (SSSR count). The van der Waals surface area contributed by atoms with Crippen LogP contribution in [0.2, 0.25) is 5.02 Å². The molecule has 0 atom stereocenters. The van der Waals surface area contributed by atoms with Crippen LogP contribution in [-0.2, 0) is 6.54 Å². The van der Waals surface area contributed by atoms with Crippen LogP contribution in [0.25, 0.3) is 0 Å². The van der Waals surface area contributed by atoms with Crippen LogP contribution < -0.4 is 0 Å². The molecule has 0 aliphatic heterocycles. The Morgan fingerprint density at radius 3 is 2.83 bits per heavy atom. The first-order chi connectivity index (χ1) is 8.52. The van der Waals surface area contributed by atoms with Gasteiger partial charge >= 0.3 is 0 Å². The summed E-state index contributed by atoms with van der Waals surface area (Å²) in [6.07, 6.45) is 1.41. The number of hydrogen-bond donors (Lipinski definition) is 0. The molecule has 0 aliphatic rings. The second kappa shape index (κ2) is 5.20. The number of carbonyl (C=O) groups is 1. The smallest absolute Gasteiger partial charge is 0.212 e. The van der Waals surface area contributed by atoms with Crippen molar-refractivity contribution in [1.82, 2.24) is 9.78 Å². The fourth-order valence-corrected chi connectivity index (χ4v) is 2.34. The zero-order valence-corrected chi connectivity index (χ0v) is 11.8. The Morgan fingerprint density at radius 1 is 1.50 bits per heavy atom. The third kappa shape index (κ3) is 2.47. The van der Waals surface area contributed by atoms with Crippen molar-refractivity contribution in [2.24, 2.45) is 0 Å². The van der Waals surface area contributed by atoms with Gasteiger partial charge in [0.15, 0.2) is 0 Å². The molecule has 94 valence electrons. The minimum absolute atomic E-state index is 0.235. The minimum atomic E-state index is -0.480. The van der Waals surface area contributed by atoms with Crippen LogP contribution in [0.5, 0.6) is 0 Å². The molecule has 0 saturated heterocycles. The van der Waals surface area contributed by atoms with Crippen molar-refractivity contribution in [2.45, 2.75) is 13.5 Å². The molecule has 1 heterocycles. The lowest BCUT2D eigenvalue weighted by molar-refractivity contribution is 0.102. The third-order valence-electron chi connectivity index (χ3n) is 2.43. The summed E-state index contributed by atoms with van der Waals surface area (Å²) in [4.78, 5) is 12.3. The molecule has 6 heteroatoms. The quantitative estimate of drug-likeness (QED) is 0.804. The molecule has 1 aromatic carbocycles. The Hall–Kier alpha value is -1.20. The zero-order valence-electron chi connectivity index (χ0n) is 9.45. The molecular weight excluding hydrogens is 322 g/mol. The Labute approximate surface area is 117 Å². The van der Waals surface area contributed by atoms with Crippen molar-refractivity contribution >= 4 is 33.3 Å². The Balaban J connectivity index is 2.50. The standard InChI is InChI=1S/C12H9BrClFN2O/c1-2-17-11(10(14)6-16-17)12(18)7-3-8(13)5-9(15)4-7/h3-6H,2H2,1H3. The summed E-state index contributed by atoms with van der Waals surface area (Å²) in [6, 6.07) is 4.01. The molecule has 18 heavy (non-hydrogen) atoms. The van der Waals surface area contributed by atoms with Crippen LogP contribution in [-0.4, -0.2) is 15.6 Å².